The minimum absolute atomic E-state index is 0.146. The van der Waals surface area contributed by atoms with Crippen molar-refractivity contribution in [3.63, 3.8) is 0 Å². The fourth-order valence-electron chi connectivity index (χ4n) is 3.27. The molecule has 0 atom stereocenters. The van der Waals surface area contributed by atoms with Crippen molar-refractivity contribution in [3.05, 3.63) is 83.2 Å². The van der Waals surface area contributed by atoms with Crippen molar-refractivity contribution < 1.29 is 4.79 Å². The molecule has 0 unspecified atom stereocenters. The first-order valence-corrected chi connectivity index (χ1v) is 10.2. The van der Waals surface area contributed by atoms with Crippen LogP contribution in [0.25, 0.3) is 0 Å². The number of rotatable bonds is 9. The van der Waals surface area contributed by atoms with Gasteiger partial charge in [0.2, 0.25) is 5.95 Å². The van der Waals surface area contributed by atoms with Gasteiger partial charge in [0.1, 0.15) is 0 Å². The molecule has 29 heavy (non-hydrogen) atoms. The van der Waals surface area contributed by atoms with Crippen molar-refractivity contribution in [2.75, 3.05) is 11.9 Å². The first-order chi connectivity index (χ1) is 14.2. The van der Waals surface area contributed by atoms with Gasteiger partial charge in [0.25, 0.3) is 5.91 Å². The number of nitrogens with one attached hydrogen (secondary N) is 2. The third-order valence-corrected chi connectivity index (χ3v) is 4.92. The topological polar surface area (TPSA) is 66.9 Å². The van der Waals surface area contributed by atoms with Crippen LogP contribution in [0.1, 0.15) is 47.3 Å². The number of hydrogen-bond donors (Lipinski definition) is 2. The van der Waals surface area contributed by atoms with Gasteiger partial charge in [-0.15, -0.1) is 0 Å². The standard InChI is InChI=1S/C24H28N4O/c1-3-19-13-8-14-20(4-2)22(19)28-24-26-16-21(17-27-24)23(29)25-15-9-12-18-10-6-5-7-11-18/h5-8,10-11,13-14,16-17H,3-4,9,12,15H2,1-2H3,(H,25,29)(H,26,27,28). The minimum atomic E-state index is -0.146. The lowest BCUT2D eigenvalue weighted by molar-refractivity contribution is 0.0952. The number of benzene rings is 2. The van der Waals surface area contributed by atoms with Gasteiger partial charge in [-0.1, -0.05) is 62.4 Å². The van der Waals surface area contributed by atoms with Crippen LogP contribution in [-0.4, -0.2) is 22.4 Å². The Hall–Kier alpha value is -3.21. The number of nitrogens with zero attached hydrogens (tertiary/aromatic N) is 2. The Balaban J connectivity index is 1.55. The fraction of sp³-hybridized carbons (Fsp3) is 0.292. The van der Waals surface area contributed by atoms with Gasteiger partial charge in [0, 0.05) is 24.6 Å². The molecule has 5 nitrogen and oxygen atoms in total. The van der Waals surface area contributed by atoms with E-state index in [1.807, 2.05) is 18.2 Å². The van der Waals surface area contributed by atoms with Crippen LogP contribution >= 0.6 is 0 Å². The molecule has 0 aliphatic rings. The zero-order valence-electron chi connectivity index (χ0n) is 17.1. The summed E-state index contributed by atoms with van der Waals surface area (Å²) >= 11 is 0. The number of aryl methyl sites for hydroxylation is 3. The molecular formula is C24H28N4O. The molecule has 0 fully saturated rings. The molecule has 0 spiro atoms. The number of para-hydroxylation sites is 1. The van der Waals surface area contributed by atoms with E-state index in [1.165, 1.54) is 16.7 Å². The zero-order valence-corrected chi connectivity index (χ0v) is 17.1. The highest BCUT2D eigenvalue weighted by Crippen LogP contribution is 2.25. The lowest BCUT2D eigenvalue weighted by Crippen LogP contribution is -2.25. The highest BCUT2D eigenvalue weighted by Gasteiger charge is 2.10. The van der Waals surface area contributed by atoms with E-state index in [0.717, 1.165) is 31.4 Å². The van der Waals surface area contributed by atoms with Gasteiger partial charge >= 0.3 is 0 Å². The molecular weight excluding hydrogens is 360 g/mol. The molecule has 2 N–H and O–H groups in total. The van der Waals surface area contributed by atoms with Crippen LogP contribution in [0.15, 0.2) is 60.9 Å². The van der Waals surface area contributed by atoms with Gasteiger partial charge in [-0.05, 0) is 42.4 Å². The largest absolute Gasteiger partial charge is 0.352 e. The summed E-state index contributed by atoms with van der Waals surface area (Å²) in [5.41, 5.74) is 5.27. The van der Waals surface area contributed by atoms with Crippen LogP contribution in [0, 0.1) is 0 Å². The van der Waals surface area contributed by atoms with Crippen molar-refractivity contribution in [1.29, 1.82) is 0 Å². The summed E-state index contributed by atoms with van der Waals surface area (Å²) in [6, 6.07) is 16.6. The Bertz CT molecular complexity index is 901. The van der Waals surface area contributed by atoms with E-state index in [9.17, 15) is 4.79 Å². The van der Waals surface area contributed by atoms with E-state index >= 15 is 0 Å². The van der Waals surface area contributed by atoms with Crippen molar-refractivity contribution in [3.8, 4) is 0 Å². The monoisotopic (exact) mass is 388 g/mol. The van der Waals surface area contributed by atoms with E-state index in [0.29, 0.717) is 18.1 Å². The smallest absolute Gasteiger partial charge is 0.254 e. The quantitative estimate of drug-likeness (QED) is 0.521. The van der Waals surface area contributed by atoms with Crippen LogP contribution < -0.4 is 10.6 Å². The van der Waals surface area contributed by atoms with Crippen molar-refractivity contribution in [1.82, 2.24) is 15.3 Å². The first-order valence-electron chi connectivity index (χ1n) is 10.2. The molecule has 0 saturated carbocycles. The van der Waals surface area contributed by atoms with Gasteiger partial charge < -0.3 is 10.6 Å². The maximum absolute atomic E-state index is 12.3. The first kappa shape index (κ1) is 20.5. The third kappa shape index (κ3) is 5.64. The molecule has 0 radical (unpaired) electrons. The number of carbonyl (C=O) groups excluding carboxylic acids is 1. The lowest BCUT2D eigenvalue weighted by Gasteiger charge is -2.14. The summed E-state index contributed by atoms with van der Waals surface area (Å²) in [6.07, 6.45) is 6.84. The summed E-state index contributed by atoms with van der Waals surface area (Å²) in [5, 5.41) is 6.26. The van der Waals surface area contributed by atoms with Crippen LogP contribution in [0.5, 0.6) is 0 Å². The molecule has 150 valence electrons. The van der Waals surface area contributed by atoms with E-state index in [2.05, 4.69) is 64.8 Å². The number of hydrogen-bond acceptors (Lipinski definition) is 4. The summed E-state index contributed by atoms with van der Waals surface area (Å²) in [5.74, 6) is 0.356. The normalized spacial score (nSPS) is 10.6. The van der Waals surface area contributed by atoms with Crippen molar-refractivity contribution in [2.45, 2.75) is 39.5 Å². The molecule has 3 rings (SSSR count). The lowest BCUT2D eigenvalue weighted by atomic mass is 10.0. The van der Waals surface area contributed by atoms with Crippen LogP contribution in [-0.2, 0) is 19.3 Å². The second kappa shape index (κ2) is 10.4. The molecule has 1 aromatic heterocycles. The Labute approximate surface area is 172 Å². The predicted octanol–water partition coefficient (Wildman–Crippen LogP) is 4.71. The Morgan fingerprint density at radius 1 is 0.897 bits per heavy atom. The number of amides is 1. The van der Waals surface area contributed by atoms with Crippen LogP contribution in [0.3, 0.4) is 0 Å². The number of anilines is 2. The zero-order chi connectivity index (χ0) is 20.5. The average molecular weight is 389 g/mol. The van der Waals surface area contributed by atoms with Gasteiger partial charge in [-0.25, -0.2) is 9.97 Å². The Kier molecular flexibility index (Phi) is 7.34. The molecule has 2 aromatic carbocycles. The van der Waals surface area contributed by atoms with Crippen LogP contribution in [0.4, 0.5) is 11.6 Å². The highest BCUT2D eigenvalue weighted by molar-refractivity contribution is 5.93. The molecule has 0 bridgehead atoms. The maximum atomic E-state index is 12.3. The van der Waals surface area contributed by atoms with Gasteiger partial charge in [-0.2, -0.15) is 0 Å². The molecule has 5 heteroatoms. The highest BCUT2D eigenvalue weighted by atomic mass is 16.1. The van der Waals surface area contributed by atoms with Crippen molar-refractivity contribution in [2.24, 2.45) is 0 Å². The maximum Gasteiger partial charge on any atom is 0.254 e. The van der Waals surface area contributed by atoms with E-state index in [4.69, 9.17) is 0 Å². The average Bonchev–Trinajstić information content (AvgIpc) is 2.78. The van der Waals surface area contributed by atoms with E-state index in [1.54, 1.807) is 12.4 Å². The Morgan fingerprint density at radius 3 is 2.17 bits per heavy atom. The van der Waals surface area contributed by atoms with Gasteiger partial charge in [0.15, 0.2) is 0 Å². The van der Waals surface area contributed by atoms with Gasteiger partial charge in [0.05, 0.1) is 5.56 Å². The second-order valence-electron chi connectivity index (χ2n) is 6.92. The number of carbonyl (C=O) groups is 1. The molecule has 1 heterocycles. The molecule has 3 aromatic rings. The summed E-state index contributed by atoms with van der Waals surface area (Å²) < 4.78 is 0. The Morgan fingerprint density at radius 2 is 1.55 bits per heavy atom. The fourth-order valence-corrected chi connectivity index (χ4v) is 3.27. The van der Waals surface area contributed by atoms with E-state index < -0.39 is 0 Å². The third-order valence-electron chi connectivity index (χ3n) is 4.92. The molecule has 0 aliphatic heterocycles. The molecule has 0 saturated heterocycles. The summed E-state index contributed by atoms with van der Waals surface area (Å²) in [4.78, 5) is 21.0. The minimum Gasteiger partial charge on any atom is -0.352 e. The number of aromatic nitrogens is 2. The summed E-state index contributed by atoms with van der Waals surface area (Å²) in [7, 11) is 0. The van der Waals surface area contributed by atoms with Crippen molar-refractivity contribution >= 4 is 17.5 Å². The van der Waals surface area contributed by atoms with Gasteiger partial charge in [-0.3, -0.25) is 4.79 Å². The van der Waals surface area contributed by atoms with Crippen LogP contribution in [0.2, 0.25) is 0 Å². The summed E-state index contributed by atoms with van der Waals surface area (Å²) in [6.45, 7) is 4.88. The second-order valence-corrected chi connectivity index (χ2v) is 6.92. The SMILES string of the molecule is CCc1cccc(CC)c1Nc1ncc(C(=O)NCCCc2ccccc2)cn1. The predicted molar refractivity (Wildman–Crippen MR) is 118 cm³/mol. The molecule has 1 amide bonds. The van der Waals surface area contributed by atoms with E-state index in [-0.39, 0.29) is 5.91 Å². The molecule has 0 aliphatic carbocycles.